The lowest BCUT2D eigenvalue weighted by Gasteiger charge is -2.08. The highest BCUT2D eigenvalue weighted by atomic mass is 79.9. The maximum absolute atomic E-state index is 9.94. The second-order valence-electron chi connectivity index (χ2n) is 5.29. The van der Waals surface area contributed by atoms with Gasteiger partial charge in [0, 0.05) is 27.4 Å². The van der Waals surface area contributed by atoms with Gasteiger partial charge in [-0.3, -0.25) is 4.99 Å². The Kier molecular flexibility index (Phi) is 5.26. The second kappa shape index (κ2) is 7.77. The lowest BCUT2D eigenvalue weighted by atomic mass is 10.0. The van der Waals surface area contributed by atoms with Crippen LogP contribution in [0.25, 0.3) is 0 Å². The summed E-state index contributed by atoms with van der Waals surface area (Å²) in [5.41, 5.74) is 3.15. The standard InChI is InChI=1S/C20H15BrN2O2/c21-16-10-11-19(24)15(12-16)13-22-18-9-5-4-8-17(18)20(23-25)14-6-2-1-3-7-14/h1-13,24-25H/b22-13?,23-20-. The third-order valence-corrected chi connectivity index (χ3v) is 4.13. The number of hydrogen-bond acceptors (Lipinski definition) is 4. The van der Waals surface area contributed by atoms with Gasteiger partial charge in [0.05, 0.1) is 5.69 Å². The summed E-state index contributed by atoms with van der Waals surface area (Å²) in [5, 5.41) is 22.9. The molecule has 124 valence electrons. The summed E-state index contributed by atoms with van der Waals surface area (Å²) in [7, 11) is 0. The van der Waals surface area contributed by atoms with Gasteiger partial charge in [0.2, 0.25) is 0 Å². The highest BCUT2D eigenvalue weighted by molar-refractivity contribution is 9.10. The monoisotopic (exact) mass is 394 g/mol. The zero-order chi connectivity index (χ0) is 17.6. The number of aromatic hydroxyl groups is 1. The number of hydrogen-bond donors (Lipinski definition) is 2. The molecule has 0 fully saturated rings. The summed E-state index contributed by atoms with van der Waals surface area (Å²) in [6.45, 7) is 0. The molecule has 3 aromatic rings. The molecule has 0 aliphatic heterocycles. The van der Waals surface area contributed by atoms with Crippen molar-refractivity contribution in [2.24, 2.45) is 10.1 Å². The molecular weight excluding hydrogens is 380 g/mol. The minimum absolute atomic E-state index is 0.142. The fourth-order valence-corrected chi connectivity index (χ4v) is 2.80. The van der Waals surface area contributed by atoms with Crippen LogP contribution in [0.3, 0.4) is 0 Å². The van der Waals surface area contributed by atoms with Crippen molar-refractivity contribution in [1.29, 1.82) is 0 Å². The highest BCUT2D eigenvalue weighted by Gasteiger charge is 2.11. The molecule has 3 rings (SSSR count). The van der Waals surface area contributed by atoms with Crippen LogP contribution in [0.15, 0.2) is 87.4 Å². The number of phenolic OH excluding ortho intramolecular Hbond substituents is 1. The first-order valence-corrected chi connectivity index (χ1v) is 8.38. The minimum atomic E-state index is 0.142. The molecule has 0 heterocycles. The van der Waals surface area contributed by atoms with Crippen LogP contribution in [0.5, 0.6) is 5.75 Å². The molecule has 0 radical (unpaired) electrons. The normalized spacial score (nSPS) is 11.8. The van der Waals surface area contributed by atoms with Gasteiger partial charge in [-0.05, 0) is 24.3 Å². The molecule has 0 saturated heterocycles. The first kappa shape index (κ1) is 16.9. The number of aliphatic imine (C=N–C) groups is 1. The van der Waals surface area contributed by atoms with Crippen molar-refractivity contribution in [3.05, 3.63) is 94.0 Å². The molecule has 0 atom stereocenters. The Morgan fingerprint density at radius 3 is 2.40 bits per heavy atom. The molecular formula is C20H15BrN2O2. The van der Waals surface area contributed by atoms with E-state index in [1.165, 1.54) is 0 Å². The van der Waals surface area contributed by atoms with E-state index in [9.17, 15) is 10.3 Å². The minimum Gasteiger partial charge on any atom is -0.507 e. The Hall–Kier alpha value is -2.92. The van der Waals surface area contributed by atoms with E-state index in [0.29, 0.717) is 22.5 Å². The van der Waals surface area contributed by atoms with E-state index in [1.54, 1.807) is 24.4 Å². The zero-order valence-electron chi connectivity index (χ0n) is 13.2. The number of rotatable bonds is 4. The molecule has 25 heavy (non-hydrogen) atoms. The van der Waals surface area contributed by atoms with E-state index < -0.39 is 0 Å². The van der Waals surface area contributed by atoms with Gasteiger partial charge in [0.15, 0.2) is 0 Å². The van der Waals surface area contributed by atoms with E-state index in [4.69, 9.17) is 0 Å². The summed E-state index contributed by atoms with van der Waals surface area (Å²) in [6, 6.07) is 21.9. The van der Waals surface area contributed by atoms with Crippen molar-refractivity contribution in [1.82, 2.24) is 0 Å². The Balaban J connectivity index is 2.02. The quantitative estimate of drug-likeness (QED) is 0.365. The Labute approximate surface area is 153 Å². The van der Waals surface area contributed by atoms with Gasteiger partial charge in [0.1, 0.15) is 11.5 Å². The lowest BCUT2D eigenvalue weighted by Crippen LogP contribution is -2.03. The topological polar surface area (TPSA) is 65.2 Å². The third-order valence-electron chi connectivity index (χ3n) is 3.64. The molecule has 0 spiro atoms. The summed E-state index contributed by atoms with van der Waals surface area (Å²) in [6.07, 6.45) is 1.58. The maximum Gasteiger partial charge on any atom is 0.124 e. The van der Waals surface area contributed by atoms with Gasteiger partial charge in [0.25, 0.3) is 0 Å². The second-order valence-corrected chi connectivity index (χ2v) is 6.21. The SMILES string of the molecule is O/N=C(/c1ccccc1)c1ccccc1N=Cc1cc(Br)ccc1O. The predicted octanol–water partition coefficient (Wildman–Crippen LogP) is 5.13. The Bertz CT molecular complexity index is 937. The van der Waals surface area contributed by atoms with Crippen LogP contribution in [0.2, 0.25) is 0 Å². The van der Waals surface area contributed by atoms with E-state index >= 15 is 0 Å². The van der Waals surface area contributed by atoms with Gasteiger partial charge in [-0.2, -0.15) is 0 Å². The predicted molar refractivity (Wildman–Crippen MR) is 103 cm³/mol. The summed E-state index contributed by atoms with van der Waals surface area (Å²) in [5.74, 6) is 0.142. The number of halogens is 1. The van der Waals surface area contributed by atoms with Crippen LogP contribution in [-0.2, 0) is 0 Å². The largest absolute Gasteiger partial charge is 0.507 e. The molecule has 2 N–H and O–H groups in total. The molecule has 0 unspecified atom stereocenters. The third kappa shape index (κ3) is 3.95. The lowest BCUT2D eigenvalue weighted by molar-refractivity contribution is 0.319. The smallest absolute Gasteiger partial charge is 0.124 e. The van der Waals surface area contributed by atoms with Crippen LogP contribution >= 0.6 is 15.9 Å². The van der Waals surface area contributed by atoms with Crippen molar-refractivity contribution >= 4 is 33.5 Å². The molecule has 4 nitrogen and oxygen atoms in total. The first-order valence-electron chi connectivity index (χ1n) is 7.58. The van der Waals surface area contributed by atoms with Gasteiger partial charge >= 0.3 is 0 Å². The highest BCUT2D eigenvalue weighted by Crippen LogP contribution is 2.25. The number of benzene rings is 3. The van der Waals surface area contributed by atoms with Crippen molar-refractivity contribution < 1.29 is 10.3 Å². The van der Waals surface area contributed by atoms with Crippen LogP contribution in [0, 0.1) is 0 Å². The Morgan fingerprint density at radius 2 is 1.64 bits per heavy atom. The van der Waals surface area contributed by atoms with E-state index in [1.807, 2.05) is 54.6 Å². The van der Waals surface area contributed by atoms with Crippen LogP contribution < -0.4 is 0 Å². The van der Waals surface area contributed by atoms with Crippen molar-refractivity contribution in [3.63, 3.8) is 0 Å². The first-order chi connectivity index (χ1) is 12.2. The van der Waals surface area contributed by atoms with Crippen LogP contribution in [-0.4, -0.2) is 22.2 Å². The average Bonchev–Trinajstić information content (AvgIpc) is 2.65. The molecule has 0 amide bonds. The number of oxime groups is 1. The van der Waals surface area contributed by atoms with E-state index in [0.717, 1.165) is 10.0 Å². The van der Waals surface area contributed by atoms with Crippen molar-refractivity contribution in [2.75, 3.05) is 0 Å². The average molecular weight is 395 g/mol. The molecule has 0 aromatic heterocycles. The van der Waals surface area contributed by atoms with Crippen molar-refractivity contribution in [3.8, 4) is 5.75 Å². The zero-order valence-corrected chi connectivity index (χ0v) is 14.8. The van der Waals surface area contributed by atoms with Crippen LogP contribution in [0.4, 0.5) is 5.69 Å². The fourth-order valence-electron chi connectivity index (χ4n) is 2.42. The van der Waals surface area contributed by atoms with E-state index in [-0.39, 0.29) is 5.75 Å². The van der Waals surface area contributed by atoms with E-state index in [2.05, 4.69) is 26.1 Å². The van der Waals surface area contributed by atoms with Crippen molar-refractivity contribution in [2.45, 2.75) is 0 Å². The molecule has 5 heteroatoms. The molecule has 0 aliphatic carbocycles. The molecule has 0 saturated carbocycles. The van der Waals surface area contributed by atoms with Gasteiger partial charge in [-0.15, -0.1) is 0 Å². The van der Waals surface area contributed by atoms with Gasteiger partial charge < -0.3 is 10.3 Å². The molecule has 0 aliphatic rings. The summed E-state index contributed by atoms with van der Waals surface area (Å²) in [4.78, 5) is 4.47. The summed E-state index contributed by atoms with van der Waals surface area (Å²) < 4.78 is 0.849. The number of phenols is 1. The number of nitrogens with zero attached hydrogens (tertiary/aromatic N) is 2. The summed E-state index contributed by atoms with van der Waals surface area (Å²) >= 11 is 3.38. The Morgan fingerprint density at radius 1 is 0.920 bits per heavy atom. The fraction of sp³-hybridized carbons (Fsp3) is 0. The number of para-hydroxylation sites is 1. The van der Waals surface area contributed by atoms with Crippen LogP contribution in [0.1, 0.15) is 16.7 Å². The van der Waals surface area contributed by atoms with Gasteiger partial charge in [-0.25, -0.2) is 0 Å². The molecule has 3 aromatic carbocycles. The van der Waals surface area contributed by atoms with Gasteiger partial charge in [-0.1, -0.05) is 69.6 Å². The maximum atomic E-state index is 9.94. The molecule has 0 bridgehead atoms.